The fraction of sp³-hybridized carbons (Fsp3) is 0.571. The molecular weight excluding hydrogens is 280 g/mol. The average Bonchev–Trinajstić information content (AvgIpc) is 2.35. The normalized spacial score (nSPS) is 32.2. The van der Waals surface area contributed by atoms with E-state index < -0.39 is 0 Å². The summed E-state index contributed by atoms with van der Waals surface area (Å²) in [6.07, 6.45) is 1.68. The first-order chi connectivity index (χ1) is 8.08. The number of ether oxygens (including phenoxy) is 1. The fourth-order valence-corrected chi connectivity index (χ4v) is 2.72. The monoisotopic (exact) mass is 298 g/mol. The van der Waals surface area contributed by atoms with E-state index in [4.69, 9.17) is 4.74 Å². The van der Waals surface area contributed by atoms with Gasteiger partial charge in [0.1, 0.15) is 0 Å². The van der Waals surface area contributed by atoms with Crippen LogP contribution in [0.15, 0.2) is 28.7 Å². The summed E-state index contributed by atoms with van der Waals surface area (Å²) in [5.74, 6) is 0. The van der Waals surface area contributed by atoms with Crippen LogP contribution in [-0.4, -0.2) is 17.3 Å². The van der Waals surface area contributed by atoms with Gasteiger partial charge in [0, 0.05) is 16.3 Å². The van der Waals surface area contributed by atoms with Crippen molar-refractivity contribution < 1.29 is 9.84 Å². The van der Waals surface area contributed by atoms with Gasteiger partial charge in [0.05, 0.1) is 18.8 Å². The molecule has 1 fully saturated rings. The highest BCUT2D eigenvalue weighted by Crippen LogP contribution is 2.46. The molecule has 3 heteroatoms. The van der Waals surface area contributed by atoms with Crippen LogP contribution in [0.4, 0.5) is 0 Å². The summed E-state index contributed by atoms with van der Waals surface area (Å²) in [5.41, 5.74) is 1.09. The number of benzene rings is 1. The lowest BCUT2D eigenvalue weighted by molar-refractivity contribution is -0.190. The summed E-state index contributed by atoms with van der Waals surface area (Å²) in [7, 11) is 0. The van der Waals surface area contributed by atoms with Gasteiger partial charge in [-0.2, -0.15) is 0 Å². The highest BCUT2D eigenvalue weighted by molar-refractivity contribution is 9.10. The van der Waals surface area contributed by atoms with Crippen LogP contribution in [0.25, 0.3) is 0 Å². The molecule has 0 aromatic heterocycles. The van der Waals surface area contributed by atoms with Crippen molar-refractivity contribution in [3.8, 4) is 0 Å². The van der Waals surface area contributed by atoms with Crippen molar-refractivity contribution >= 4 is 15.9 Å². The van der Waals surface area contributed by atoms with E-state index in [1.165, 1.54) is 0 Å². The van der Waals surface area contributed by atoms with Crippen molar-refractivity contribution in [3.05, 3.63) is 34.3 Å². The molecule has 1 aliphatic rings. The van der Waals surface area contributed by atoms with E-state index >= 15 is 0 Å². The van der Waals surface area contributed by atoms with Crippen LogP contribution in [0, 0.1) is 5.41 Å². The number of aliphatic hydroxyl groups is 1. The Bertz CT molecular complexity index is 394. The second kappa shape index (κ2) is 5.09. The Morgan fingerprint density at radius 3 is 2.76 bits per heavy atom. The number of rotatable bonds is 4. The maximum Gasteiger partial charge on any atom is 0.0731 e. The van der Waals surface area contributed by atoms with Gasteiger partial charge in [-0.3, -0.25) is 0 Å². The van der Waals surface area contributed by atoms with Gasteiger partial charge < -0.3 is 9.84 Å². The molecule has 1 N–H and O–H groups in total. The Kier molecular flexibility index (Phi) is 3.91. The summed E-state index contributed by atoms with van der Waals surface area (Å²) >= 11 is 3.51. The molecule has 1 aromatic carbocycles. The average molecular weight is 299 g/mol. The van der Waals surface area contributed by atoms with E-state index in [1.54, 1.807) is 0 Å². The van der Waals surface area contributed by atoms with E-state index in [9.17, 15) is 5.11 Å². The summed E-state index contributed by atoms with van der Waals surface area (Å²) in [6.45, 7) is 4.82. The first-order valence-electron chi connectivity index (χ1n) is 6.11. The minimum absolute atomic E-state index is 0.0682. The van der Waals surface area contributed by atoms with Crippen molar-refractivity contribution in [3.63, 3.8) is 0 Å². The highest BCUT2D eigenvalue weighted by atomic mass is 79.9. The van der Waals surface area contributed by atoms with Crippen molar-refractivity contribution in [1.29, 1.82) is 0 Å². The molecule has 94 valence electrons. The molecule has 1 aliphatic carbocycles. The first-order valence-corrected chi connectivity index (χ1v) is 6.90. The van der Waals surface area contributed by atoms with E-state index in [0.717, 1.165) is 22.9 Å². The molecule has 17 heavy (non-hydrogen) atoms. The van der Waals surface area contributed by atoms with Crippen molar-refractivity contribution in [2.45, 2.75) is 45.5 Å². The zero-order valence-electron chi connectivity index (χ0n) is 10.3. The third-order valence-corrected chi connectivity index (χ3v) is 4.87. The zero-order chi connectivity index (χ0) is 12.5. The SMILES string of the molecule is CCC1(C)C(O)CC1OCc1ccccc1Br. The molecule has 0 radical (unpaired) electrons. The molecule has 3 unspecified atom stereocenters. The van der Waals surface area contributed by atoms with Crippen LogP contribution in [0.2, 0.25) is 0 Å². The lowest BCUT2D eigenvalue weighted by atomic mass is 9.63. The maximum absolute atomic E-state index is 9.80. The minimum Gasteiger partial charge on any atom is -0.392 e. The third kappa shape index (κ3) is 2.42. The lowest BCUT2D eigenvalue weighted by Crippen LogP contribution is -2.55. The second-order valence-corrected chi connectivity index (χ2v) is 5.86. The summed E-state index contributed by atoms with van der Waals surface area (Å²) in [5, 5.41) is 9.80. The van der Waals surface area contributed by atoms with Gasteiger partial charge in [-0.15, -0.1) is 0 Å². The van der Waals surface area contributed by atoms with E-state index in [1.807, 2.05) is 18.2 Å². The van der Waals surface area contributed by atoms with E-state index in [-0.39, 0.29) is 17.6 Å². The summed E-state index contributed by atoms with van der Waals surface area (Å²) in [4.78, 5) is 0. The van der Waals surface area contributed by atoms with Gasteiger partial charge in [0.15, 0.2) is 0 Å². The summed E-state index contributed by atoms with van der Waals surface area (Å²) < 4.78 is 7.01. The van der Waals surface area contributed by atoms with Gasteiger partial charge >= 0.3 is 0 Å². The Labute approximate surface area is 111 Å². The molecule has 0 aliphatic heterocycles. The molecule has 0 bridgehead atoms. The Hall–Kier alpha value is -0.380. The topological polar surface area (TPSA) is 29.5 Å². The van der Waals surface area contributed by atoms with Crippen LogP contribution >= 0.6 is 15.9 Å². The van der Waals surface area contributed by atoms with Crippen molar-refractivity contribution in [2.24, 2.45) is 5.41 Å². The lowest BCUT2D eigenvalue weighted by Gasteiger charge is -2.50. The van der Waals surface area contributed by atoms with E-state index in [0.29, 0.717) is 6.61 Å². The van der Waals surface area contributed by atoms with Crippen LogP contribution in [0.3, 0.4) is 0 Å². The molecule has 0 spiro atoms. The molecule has 0 saturated heterocycles. The molecular formula is C14H19BrO2. The quantitative estimate of drug-likeness (QED) is 0.922. The largest absolute Gasteiger partial charge is 0.392 e. The zero-order valence-corrected chi connectivity index (χ0v) is 11.9. The summed E-state index contributed by atoms with van der Waals surface area (Å²) in [6, 6.07) is 8.09. The maximum atomic E-state index is 9.80. The third-order valence-electron chi connectivity index (χ3n) is 4.09. The van der Waals surface area contributed by atoms with Gasteiger partial charge in [0.2, 0.25) is 0 Å². The molecule has 0 amide bonds. The number of halogens is 1. The van der Waals surface area contributed by atoms with Crippen LogP contribution in [-0.2, 0) is 11.3 Å². The molecule has 1 saturated carbocycles. The first kappa shape index (κ1) is 13.1. The van der Waals surface area contributed by atoms with Gasteiger partial charge in [-0.05, 0) is 18.1 Å². The minimum atomic E-state index is -0.211. The molecule has 2 nitrogen and oxygen atoms in total. The predicted molar refractivity (Wildman–Crippen MR) is 71.7 cm³/mol. The van der Waals surface area contributed by atoms with Gasteiger partial charge in [0.25, 0.3) is 0 Å². The molecule has 3 atom stereocenters. The highest BCUT2D eigenvalue weighted by Gasteiger charge is 2.50. The predicted octanol–water partition coefficient (Wildman–Crippen LogP) is 3.52. The van der Waals surface area contributed by atoms with Gasteiger partial charge in [-0.1, -0.05) is 48.0 Å². The molecule has 0 heterocycles. The van der Waals surface area contributed by atoms with Crippen molar-refractivity contribution in [2.75, 3.05) is 0 Å². The molecule has 1 aromatic rings. The van der Waals surface area contributed by atoms with Crippen molar-refractivity contribution in [1.82, 2.24) is 0 Å². The van der Waals surface area contributed by atoms with Crippen LogP contribution in [0.1, 0.15) is 32.3 Å². The Balaban J connectivity index is 1.94. The van der Waals surface area contributed by atoms with Crippen LogP contribution < -0.4 is 0 Å². The number of hydrogen-bond acceptors (Lipinski definition) is 2. The van der Waals surface area contributed by atoms with Crippen LogP contribution in [0.5, 0.6) is 0 Å². The smallest absolute Gasteiger partial charge is 0.0731 e. The fourth-order valence-electron chi connectivity index (χ4n) is 2.32. The molecule has 2 rings (SSSR count). The number of hydrogen-bond donors (Lipinski definition) is 1. The number of aliphatic hydroxyl groups excluding tert-OH is 1. The van der Waals surface area contributed by atoms with Gasteiger partial charge in [-0.25, -0.2) is 0 Å². The Morgan fingerprint density at radius 2 is 2.18 bits per heavy atom. The van der Waals surface area contributed by atoms with E-state index in [2.05, 4.69) is 35.8 Å². The Morgan fingerprint density at radius 1 is 1.47 bits per heavy atom. The standard InChI is InChI=1S/C14H19BrO2/c1-3-14(2)12(16)8-13(14)17-9-10-6-4-5-7-11(10)15/h4-7,12-13,16H,3,8-9H2,1-2H3. The second-order valence-electron chi connectivity index (χ2n) is 5.00.